The van der Waals surface area contributed by atoms with E-state index < -0.39 is 10.0 Å². The lowest BCUT2D eigenvalue weighted by atomic mass is 10.2. The van der Waals surface area contributed by atoms with E-state index in [-0.39, 0.29) is 16.4 Å². The first-order valence-electron chi connectivity index (χ1n) is 8.01. The van der Waals surface area contributed by atoms with Crippen LogP contribution in [-0.2, 0) is 16.6 Å². The Balaban J connectivity index is 1.79. The zero-order valence-corrected chi connectivity index (χ0v) is 16.8. The fourth-order valence-electron chi connectivity index (χ4n) is 2.46. The van der Waals surface area contributed by atoms with Gasteiger partial charge in [-0.05, 0) is 54.6 Å². The summed E-state index contributed by atoms with van der Waals surface area (Å²) in [6, 6.07) is 16.2. The molecule has 3 rings (SSSR count). The molecule has 1 amide bonds. The molecule has 0 atom stereocenters. The summed E-state index contributed by atoms with van der Waals surface area (Å²) in [6.45, 7) is 0.292. The Morgan fingerprint density at radius 3 is 2.52 bits per heavy atom. The summed E-state index contributed by atoms with van der Waals surface area (Å²) in [6.07, 6.45) is 1.54. The average Bonchev–Trinajstić information content (AvgIpc) is 3.16. The molecule has 0 unspecified atom stereocenters. The minimum absolute atomic E-state index is 0.0164. The summed E-state index contributed by atoms with van der Waals surface area (Å²) < 4.78 is 33.8. The first-order chi connectivity index (χ1) is 12.8. The van der Waals surface area contributed by atoms with Gasteiger partial charge in [-0.25, -0.2) is 8.42 Å². The van der Waals surface area contributed by atoms with Crippen LogP contribution < -0.4 is 4.72 Å². The Labute approximate surface area is 166 Å². The lowest BCUT2D eigenvalue weighted by molar-refractivity contribution is 0.0775. The normalized spacial score (nSPS) is 11.2. The van der Waals surface area contributed by atoms with Crippen molar-refractivity contribution < 1.29 is 17.6 Å². The van der Waals surface area contributed by atoms with Crippen LogP contribution in [0.4, 0.5) is 5.69 Å². The van der Waals surface area contributed by atoms with Crippen molar-refractivity contribution in [1.82, 2.24) is 4.90 Å². The second kappa shape index (κ2) is 7.98. The van der Waals surface area contributed by atoms with Gasteiger partial charge in [-0.1, -0.05) is 22.0 Å². The first-order valence-corrected chi connectivity index (χ1v) is 10.3. The lowest BCUT2D eigenvalue weighted by Gasteiger charge is -2.16. The highest BCUT2D eigenvalue weighted by molar-refractivity contribution is 9.10. The predicted molar refractivity (Wildman–Crippen MR) is 106 cm³/mol. The van der Waals surface area contributed by atoms with Gasteiger partial charge in [0.05, 0.1) is 17.7 Å². The third-order valence-electron chi connectivity index (χ3n) is 3.81. The van der Waals surface area contributed by atoms with Gasteiger partial charge in [0, 0.05) is 22.8 Å². The van der Waals surface area contributed by atoms with Gasteiger partial charge in [-0.15, -0.1) is 0 Å². The maximum atomic E-state index is 12.6. The van der Waals surface area contributed by atoms with E-state index in [4.69, 9.17) is 4.42 Å². The van der Waals surface area contributed by atoms with E-state index in [1.54, 1.807) is 55.6 Å². The number of rotatable bonds is 6. The third kappa shape index (κ3) is 4.78. The molecule has 0 aliphatic carbocycles. The number of nitrogens with zero attached hydrogens (tertiary/aromatic N) is 1. The summed E-state index contributed by atoms with van der Waals surface area (Å²) >= 11 is 3.30. The maximum Gasteiger partial charge on any atom is 0.261 e. The van der Waals surface area contributed by atoms with Gasteiger partial charge in [-0.3, -0.25) is 9.52 Å². The maximum absolute atomic E-state index is 12.6. The van der Waals surface area contributed by atoms with E-state index in [1.165, 1.54) is 23.3 Å². The van der Waals surface area contributed by atoms with Gasteiger partial charge < -0.3 is 9.32 Å². The van der Waals surface area contributed by atoms with Crippen LogP contribution >= 0.6 is 15.9 Å². The summed E-state index contributed by atoms with van der Waals surface area (Å²) in [4.78, 5) is 14.1. The topological polar surface area (TPSA) is 79.6 Å². The number of benzene rings is 2. The van der Waals surface area contributed by atoms with E-state index in [9.17, 15) is 13.2 Å². The van der Waals surface area contributed by atoms with Crippen LogP contribution in [-0.4, -0.2) is 26.3 Å². The number of carbonyl (C=O) groups is 1. The Kier molecular flexibility index (Phi) is 5.67. The molecule has 8 heteroatoms. The van der Waals surface area contributed by atoms with E-state index in [0.717, 1.165) is 4.47 Å². The van der Waals surface area contributed by atoms with Crippen molar-refractivity contribution in [2.24, 2.45) is 0 Å². The van der Waals surface area contributed by atoms with Crippen molar-refractivity contribution in [1.29, 1.82) is 0 Å². The second-order valence-electron chi connectivity index (χ2n) is 5.88. The predicted octanol–water partition coefficient (Wildman–Crippen LogP) is 4.12. The van der Waals surface area contributed by atoms with Crippen molar-refractivity contribution in [3.05, 3.63) is 82.7 Å². The molecule has 0 saturated heterocycles. The minimum atomic E-state index is -3.81. The lowest BCUT2D eigenvalue weighted by Crippen LogP contribution is -2.26. The number of sulfonamides is 1. The van der Waals surface area contributed by atoms with Crippen molar-refractivity contribution >= 4 is 37.5 Å². The molecule has 140 valence electrons. The van der Waals surface area contributed by atoms with Gasteiger partial charge in [-0.2, -0.15) is 0 Å². The van der Waals surface area contributed by atoms with Crippen molar-refractivity contribution in [3.63, 3.8) is 0 Å². The molecule has 1 aromatic heterocycles. The van der Waals surface area contributed by atoms with Crippen LogP contribution in [0.25, 0.3) is 0 Å². The molecule has 0 fully saturated rings. The van der Waals surface area contributed by atoms with Gasteiger partial charge in [0.15, 0.2) is 0 Å². The van der Waals surface area contributed by atoms with Crippen LogP contribution in [0.1, 0.15) is 16.1 Å². The zero-order valence-electron chi connectivity index (χ0n) is 14.4. The van der Waals surface area contributed by atoms with E-state index in [2.05, 4.69) is 20.7 Å². The largest absolute Gasteiger partial charge is 0.467 e. The third-order valence-corrected chi connectivity index (χ3v) is 5.72. The quantitative estimate of drug-likeness (QED) is 0.614. The molecule has 2 aromatic carbocycles. The highest BCUT2D eigenvalue weighted by Gasteiger charge is 2.19. The Bertz CT molecular complexity index is 1030. The number of amides is 1. The fourth-order valence-corrected chi connectivity index (χ4v) is 3.83. The highest BCUT2D eigenvalue weighted by Crippen LogP contribution is 2.20. The molecule has 27 heavy (non-hydrogen) atoms. The summed E-state index contributed by atoms with van der Waals surface area (Å²) in [5, 5.41) is 0. The molecule has 0 bridgehead atoms. The van der Waals surface area contributed by atoms with Gasteiger partial charge in [0.2, 0.25) is 0 Å². The molecule has 0 aliphatic heterocycles. The molecule has 0 radical (unpaired) electrons. The summed E-state index contributed by atoms with van der Waals surface area (Å²) in [5.41, 5.74) is 0.715. The number of anilines is 1. The molecule has 1 heterocycles. The molecule has 0 saturated carbocycles. The standard InChI is InChI=1S/C19H17BrN2O4S/c1-22(13-17-5-3-11-26-17)19(23)14-4-2-6-18(12-14)27(24,25)21-16-9-7-15(20)8-10-16/h2-12,21H,13H2,1H3. The van der Waals surface area contributed by atoms with Crippen molar-refractivity contribution in [3.8, 4) is 0 Å². The Morgan fingerprint density at radius 2 is 1.85 bits per heavy atom. The van der Waals surface area contributed by atoms with Crippen LogP contribution in [0.15, 0.2) is 80.7 Å². The zero-order chi connectivity index (χ0) is 19.4. The molecular weight excluding hydrogens is 432 g/mol. The summed E-state index contributed by atoms with van der Waals surface area (Å²) in [5.74, 6) is 0.346. The monoisotopic (exact) mass is 448 g/mol. The molecule has 0 spiro atoms. The van der Waals surface area contributed by atoms with Crippen LogP contribution in [0.2, 0.25) is 0 Å². The molecule has 6 nitrogen and oxygen atoms in total. The van der Waals surface area contributed by atoms with Gasteiger partial charge >= 0.3 is 0 Å². The van der Waals surface area contributed by atoms with Gasteiger partial charge in [0.1, 0.15) is 5.76 Å². The van der Waals surface area contributed by atoms with Crippen LogP contribution in [0.5, 0.6) is 0 Å². The number of hydrogen-bond donors (Lipinski definition) is 1. The minimum Gasteiger partial charge on any atom is -0.467 e. The smallest absolute Gasteiger partial charge is 0.261 e. The molecule has 1 N–H and O–H groups in total. The Hall–Kier alpha value is -2.58. The van der Waals surface area contributed by atoms with Crippen LogP contribution in [0, 0.1) is 0 Å². The number of carbonyl (C=O) groups excluding carboxylic acids is 1. The summed E-state index contributed by atoms with van der Waals surface area (Å²) in [7, 11) is -2.18. The van der Waals surface area contributed by atoms with E-state index in [0.29, 0.717) is 18.0 Å². The van der Waals surface area contributed by atoms with Crippen molar-refractivity contribution in [2.45, 2.75) is 11.4 Å². The number of halogens is 1. The SMILES string of the molecule is CN(Cc1ccco1)C(=O)c1cccc(S(=O)(=O)Nc2ccc(Br)cc2)c1. The number of hydrogen-bond acceptors (Lipinski definition) is 4. The Morgan fingerprint density at radius 1 is 1.11 bits per heavy atom. The van der Waals surface area contributed by atoms with E-state index >= 15 is 0 Å². The van der Waals surface area contributed by atoms with Gasteiger partial charge in [0.25, 0.3) is 15.9 Å². The van der Waals surface area contributed by atoms with Crippen molar-refractivity contribution in [2.75, 3.05) is 11.8 Å². The number of furan rings is 1. The molecule has 0 aliphatic rings. The van der Waals surface area contributed by atoms with E-state index in [1.807, 2.05) is 0 Å². The average molecular weight is 449 g/mol. The highest BCUT2D eigenvalue weighted by atomic mass is 79.9. The molecular formula is C19H17BrN2O4S. The van der Waals surface area contributed by atoms with Crippen LogP contribution in [0.3, 0.4) is 0 Å². The second-order valence-corrected chi connectivity index (χ2v) is 8.48. The number of nitrogens with one attached hydrogen (secondary N) is 1. The fraction of sp³-hybridized carbons (Fsp3) is 0.105. The molecule has 3 aromatic rings. The first kappa shape index (κ1) is 19.2.